The number of fused-ring (bicyclic) bond motifs is 5. The molecule has 0 bridgehead atoms. The summed E-state index contributed by atoms with van der Waals surface area (Å²) in [6, 6.07) is 0. The quantitative estimate of drug-likeness (QED) is 0.660. The third-order valence-electron chi connectivity index (χ3n) is 8.67. The van der Waals surface area contributed by atoms with Crippen LogP contribution < -0.4 is 0 Å². The van der Waals surface area contributed by atoms with Gasteiger partial charge in [-0.1, -0.05) is 35.4 Å². The zero-order valence-corrected chi connectivity index (χ0v) is 17.1. The van der Waals surface area contributed by atoms with Crippen molar-refractivity contribution in [3.8, 4) is 0 Å². The number of halogens is 1. The molecule has 0 saturated heterocycles. The van der Waals surface area contributed by atoms with Crippen molar-refractivity contribution in [3.05, 3.63) is 11.6 Å². The van der Waals surface area contributed by atoms with E-state index in [1.807, 2.05) is 6.08 Å². The summed E-state index contributed by atoms with van der Waals surface area (Å²) in [5.74, 6) is 1.69. The molecule has 0 aromatic heterocycles. The molecule has 1 N–H and O–H groups in total. The molecule has 4 aliphatic rings. The number of alkyl halides is 1. The summed E-state index contributed by atoms with van der Waals surface area (Å²) in [4.78, 5) is 24.2. The highest BCUT2D eigenvalue weighted by atomic mass is 79.9. The Balaban J connectivity index is 1.72. The maximum absolute atomic E-state index is 12.4. The van der Waals surface area contributed by atoms with Crippen LogP contribution in [0.4, 0.5) is 0 Å². The molecule has 25 heavy (non-hydrogen) atoms. The Morgan fingerprint density at radius 2 is 1.92 bits per heavy atom. The molecule has 138 valence electrons. The third-order valence-corrected chi connectivity index (χ3v) is 9.71. The fraction of sp³-hybridized carbons (Fsp3) is 0.810. The monoisotopic (exact) mass is 408 g/mol. The summed E-state index contributed by atoms with van der Waals surface area (Å²) in [5.41, 5.74) is -0.0844. The molecule has 0 aliphatic heterocycles. The largest absolute Gasteiger partial charge is 0.380 e. The van der Waals surface area contributed by atoms with Crippen LogP contribution in [-0.4, -0.2) is 27.1 Å². The van der Waals surface area contributed by atoms with E-state index in [9.17, 15) is 14.7 Å². The molecule has 3 fully saturated rings. The first-order valence-corrected chi connectivity index (χ1v) is 10.7. The number of Topliss-reactive ketones (excluding diaryl/α,β-unsaturated/α-hetero) is 1. The zero-order chi connectivity index (χ0) is 18.2. The van der Waals surface area contributed by atoms with Crippen LogP contribution in [0.2, 0.25) is 0 Å². The zero-order valence-electron chi connectivity index (χ0n) is 15.5. The second-order valence-electron chi connectivity index (χ2n) is 9.45. The Bertz CT molecular complexity index is 670. The van der Waals surface area contributed by atoms with E-state index in [1.165, 1.54) is 5.57 Å². The highest BCUT2D eigenvalue weighted by molar-refractivity contribution is 9.09. The number of rotatable bonds is 1. The van der Waals surface area contributed by atoms with Crippen molar-refractivity contribution >= 4 is 27.5 Å². The fourth-order valence-corrected chi connectivity index (χ4v) is 8.41. The predicted molar refractivity (Wildman–Crippen MR) is 100 cm³/mol. The molecular formula is C21H29BrO3. The van der Waals surface area contributed by atoms with E-state index in [2.05, 4.69) is 29.8 Å². The molecule has 0 unspecified atom stereocenters. The topological polar surface area (TPSA) is 54.4 Å². The van der Waals surface area contributed by atoms with Gasteiger partial charge in [0.1, 0.15) is 5.60 Å². The van der Waals surface area contributed by atoms with Crippen molar-refractivity contribution in [2.75, 3.05) is 0 Å². The van der Waals surface area contributed by atoms with Gasteiger partial charge in [0, 0.05) is 11.8 Å². The van der Waals surface area contributed by atoms with E-state index in [4.69, 9.17) is 0 Å². The number of aliphatic hydroxyl groups is 1. The second kappa shape index (κ2) is 5.51. The van der Waals surface area contributed by atoms with Crippen LogP contribution in [0.15, 0.2) is 11.6 Å². The molecule has 4 heteroatoms. The first kappa shape index (κ1) is 17.9. The number of ketones is 2. The summed E-state index contributed by atoms with van der Waals surface area (Å²) in [5, 5.41) is 11.4. The molecule has 3 nitrogen and oxygen atoms in total. The Morgan fingerprint density at radius 1 is 1.20 bits per heavy atom. The summed E-state index contributed by atoms with van der Waals surface area (Å²) in [6.45, 7) is 6.06. The van der Waals surface area contributed by atoms with Gasteiger partial charge in [0.2, 0.25) is 0 Å². The van der Waals surface area contributed by atoms with Crippen molar-refractivity contribution in [2.24, 2.45) is 28.6 Å². The van der Waals surface area contributed by atoms with Crippen molar-refractivity contribution in [1.29, 1.82) is 0 Å². The van der Waals surface area contributed by atoms with E-state index in [1.54, 1.807) is 6.92 Å². The van der Waals surface area contributed by atoms with Crippen LogP contribution in [0.1, 0.15) is 65.7 Å². The Labute approximate surface area is 158 Å². The van der Waals surface area contributed by atoms with Crippen LogP contribution in [0, 0.1) is 28.6 Å². The second-order valence-corrected chi connectivity index (χ2v) is 10.6. The molecule has 0 amide bonds. The minimum atomic E-state index is -1.25. The van der Waals surface area contributed by atoms with Gasteiger partial charge >= 0.3 is 0 Å². The first-order valence-electron chi connectivity index (χ1n) is 9.76. The molecule has 0 spiro atoms. The minimum Gasteiger partial charge on any atom is -0.380 e. The molecule has 0 heterocycles. The van der Waals surface area contributed by atoms with Gasteiger partial charge in [0.25, 0.3) is 0 Å². The maximum atomic E-state index is 12.4. The van der Waals surface area contributed by atoms with Crippen LogP contribution in [-0.2, 0) is 9.59 Å². The standard InChI is InChI=1S/C21H29BrO3/c1-12(23)21(25)18(22)11-17-15-5-4-13-10-14(24)6-8-19(13,2)16(15)7-9-20(17,21)3/h10,15-18,25H,4-9,11H2,1-3H3/t15-,16-,17-,18-,19+,20+,21-/m1/s1. The van der Waals surface area contributed by atoms with Crippen molar-refractivity contribution in [1.82, 2.24) is 0 Å². The summed E-state index contributed by atoms with van der Waals surface area (Å²) in [7, 11) is 0. The lowest BCUT2D eigenvalue weighted by molar-refractivity contribution is -0.159. The molecule has 7 atom stereocenters. The molecule has 0 radical (unpaired) electrons. The fourth-order valence-electron chi connectivity index (χ4n) is 7.16. The highest BCUT2D eigenvalue weighted by Crippen LogP contribution is 2.68. The van der Waals surface area contributed by atoms with Gasteiger partial charge in [-0.3, -0.25) is 9.59 Å². The van der Waals surface area contributed by atoms with Crippen LogP contribution in [0.5, 0.6) is 0 Å². The lowest BCUT2D eigenvalue weighted by Gasteiger charge is -2.58. The van der Waals surface area contributed by atoms with Gasteiger partial charge in [-0.2, -0.15) is 0 Å². The summed E-state index contributed by atoms with van der Waals surface area (Å²) in [6.07, 6.45) is 8.49. The lowest BCUT2D eigenvalue weighted by Crippen LogP contribution is -2.59. The lowest BCUT2D eigenvalue weighted by atomic mass is 9.46. The van der Waals surface area contributed by atoms with Gasteiger partial charge in [0.05, 0.1) is 4.83 Å². The van der Waals surface area contributed by atoms with Gasteiger partial charge < -0.3 is 5.11 Å². The van der Waals surface area contributed by atoms with Crippen LogP contribution >= 0.6 is 15.9 Å². The minimum absolute atomic E-state index is 0.0938. The van der Waals surface area contributed by atoms with E-state index < -0.39 is 5.60 Å². The summed E-state index contributed by atoms with van der Waals surface area (Å²) >= 11 is 3.67. The third kappa shape index (κ3) is 2.13. The molecule has 0 aromatic carbocycles. The molecule has 4 rings (SSSR count). The van der Waals surface area contributed by atoms with Crippen LogP contribution in [0.3, 0.4) is 0 Å². The predicted octanol–water partition coefficient (Wildman–Crippen LogP) is 4.21. The van der Waals surface area contributed by atoms with Gasteiger partial charge in [-0.05, 0) is 74.7 Å². The average molecular weight is 409 g/mol. The molecular weight excluding hydrogens is 380 g/mol. The van der Waals surface area contributed by atoms with Gasteiger partial charge in [-0.25, -0.2) is 0 Å². The Kier molecular flexibility index (Phi) is 3.95. The number of hydrogen-bond donors (Lipinski definition) is 1. The first-order chi connectivity index (χ1) is 11.6. The van der Waals surface area contributed by atoms with Gasteiger partial charge in [-0.15, -0.1) is 0 Å². The number of hydrogen-bond acceptors (Lipinski definition) is 3. The molecule has 4 aliphatic carbocycles. The Morgan fingerprint density at radius 3 is 2.60 bits per heavy atom. The summed E-state index contributed by atoms with van der Waals surface area (Å²) < 4.78 is 0. The molecule has 3 saturated carbocycles. The number of carbonyl (C=O) groups excluding carboxylic acids is 2. The van der Waals surface area contributed by atoms with E-state index in [0.29, 0.717) is 30.0 Å². The highest BCUT2D eigenvalue weighted by Gasteiger charge is 2.68. The van der Waals surface area contributed by atoms with E-state index in [-0.39, 0.29) is 21.4 Å². The van der Waals surface area contributed by atoms with E-state index in [0.717, 1.165) is 38.5 Å². The number of allylic oxidation sites excluding steroid dienone is 1. The SMILES string of the molecule is CC(=O)[C@@]1(O)[C@H](Br)C[C@@H]2[C@@H]3CCC4=CC(=O)CC[C@]4(C)[C@@H]3CC[C@@]21C. The van der Waals surface area contributed by atoms with Crippen molar-refractivity contribution in [3.63, 3.8) is 0 Å². The Hall–Kier alpha value is -0.480. The van der Waals surface area contributed by atoms with E-state index >= 15 is 0 Å². The van der Waals surface area contributed by atoms with Crippen molar-refractivity contribution in [2.45, 2.75) is 76.1 Å². The smallest absolute Gasteiger partial charge is 0.163 e. The normalized spacial score (nSPS) is 52.0. The van der Waals surface area contributed by atoms with Crippen LogP contribution in [0.25, 0.3) is 0 Å². The maximum Gasteiger partial charge on any atom is 0.163 e. The molecule has 0 aromatic rings. The number of carbonyl (C=O) groups is 2. The van der Waals surface area contributed by atoms with Crippen molar-refractivity contribution < 1.29 is 14.7 Å². The van der Waals surface area contributed by atoms with Gasteiger partial charge in [0.15, 0.2) is 11.6 Å². The average Bonchev–Trinajstić information content (AvgIpc) is 2.77.